The van der Waals surface area contributed by atoms with Gasteiger partial charge in [-0.1, -0.05) is 32.6 Å². The predicted molar refractivity (Wildman–Crippen MR) is 70.4 cm³/mol. The van der Waals surface area contributed by atoms with Crippen molar-refractivity contribution in [3.63, 3.8) is 0 Å². The highest BCUT2D eigenvalue weighted by Gasteiger charge is 2.24. The average molecular weight is 226 g/mol. The van der Waals surface area contributed by atoms with Crippen molar-refractivity contribution in [2.24, 2.45) is 10.8 Å². The molecule has 1 nitrogen and oxygen atoms in total. The highest BCUT2D eigenvalue weighted by molar-refractivity contribution is 6.48. The second kappa shape index (κ2) is 5.18. The highest BCUT2D eigenvalue weighted by atomic mass is 28.3. The molecule has 2 heteroatoms. The number of hydrogen-bond acceptors (Lipinski definition) is 1. The Morgan fingerprint density at radius 1 is 1.00 bits per heavy atom. The van der Waals surface area contributed by atoms with E-state index in [0.29, 0.717) is 0 Å². The Morgan fingerprint density at radius 2 is 1.47 bits per heavy atom. The molecule has 1 atom stereocenters. The molecule has 0 aromatic heterocycles. The topological polar surface area (TPSA) is 9.23 Å². The smallest absolute Gasteiger partial charge is 0.172 e. The van der Waals surface area contributed by atoms with E-state index in [1.54, 1.807) is 0 Å². The fraction of sp³-hybridized carbons (Fsp3) is 0.846. The highest BCUT2D eigenvalue weighted by Crippen LogP contribution is 2.23. The zero-order valence-electron chi connectivity index (χ0n) is 11.6. The van der Waals surface area contributed by atoms with Crippen molar-refractivity contribution in [3.8, 4) is 11.8 Å². The molecule has 0 fully saturated rings. The first-order valence-electron chi connectivity index (χ1n) is 5.70. The van der Waals surface area contributed by atoms with E-state index < -0.39 is 9.04 Å². The number of rotatable bonds is 2. The number of hydrogen-bond donors (Lipinski definition) is 0. The van der Waals surface area contributed by atoms with Crippen molar-refractivity contribution >= 4 is 9.04 Å². The molecule has 0 heterocycles. The molecule has 0 bridgehead atoms. The summed E-state index contributed by atoms with van der Waals surface area (Å²) in [6, 6.07) is 0. The van der Waals surface area contributed by atoms with Gasteiger partial charge in [-0.05, 0) is 39.3 Å². The molecule has 0 saturated heterocycles. The second-order valence-corrected chi connectivity index (χ2v) is 8.82. The van der Waals surface area contributed by atoms with Crippen LogP contribution in [0.2, 0.25) is 13.1 Å². The van der Waals surface area contributed by atoms with Crippen LogP contribution in [0.4, 0.5) is 0 Å². The summed E-state index contributed by atoms with van der Waals surface area (Å²) in [7, 11) is -1.02. The lowest BCUT2D eigenvalue weighted by molar-refractivity contribution is 0.137. The third kappa shape index (κ3) is 7.64. The molecule has 0 aromatic carbocycles. The maximum atomic E-state index is 5.98. The molecule has 0 aromatic rings. The summed E-state index contributed by atoms with van der Waals surface area (Å²) in [4.78, 5) is 0. The van der Waals surface area contributed by atoms with Gasteiger partial charge in [-0.2, -0.15) is 0 Å². The minimum absolute atomic E-state index is 0.0609. The third-order valence-corrected chi connectivity index (χ3v) is 2.59. The van der Waals surface area contributed by atoms with Crippen LogP contribution >= 0.6 is 0 Å². The Hall–Kier alpha value is -0.263. The molecule has 0 aliphatic heterocycles. The molecular weight excluding hydrogens is 200 g/mol. The summed E-state index contributed by atoms with van der Waals surface area (Å²) in [5.41, 5.74) is 0.168. The molecule has 0 rings (SSSR count). The summed E-state index contributed by atoms with van der Waals surface area (Å²) >= 11 is 0. The Kier molecular flexibility index (Phi) is 5.09. The van der Waals surface area contributed by atoms with E-state index in [4.69, 9.17) is 4.43 Å². The molecule has 0 radical (unpaired) electrons. The second-order valence-electron chi connectivity index (χ2n) is 6.45. The monoisotopic (exact) mass is 226 g/mol. The fourth-order valence-electron chi connectivity index (χ4n) is 1.01. The van der Waals surface area contributed by atoms with E-state index in [1.165, 1.54) is 0 Å². The molecule has 0 amide bonds. The van der Waals surface area contributed by atoms with Crippen molar-refractivity contribution < 1.29 is 4.43 Å². The molecule has 88 valence electrons. The standard InChI is InChI=1S/C13H26OSi/c1-12(2,3)10-9-11(13(4,5)6)14-15(7)8/h11,15H,1-8H3. The lowest BCUT2D eigenvalue weighted by Gasteiger charge is -2.28. The summed E-state index contributed by atoms with van der Waals surface area (Å²) < 4.78 is 5.98. The van der Waals surface area contributed by atoms with Gasteiger partial charge < -0.3 is 4.43 Å². The Labute approximate surface area is 97.3 Å². The first-order chi connectivity index (χ1) is 6.52. The summed E-state index contributed by atoms with van der Waals surface area (Å²) in [6.07, 6.45) is 0.0726. The van der Waals surface area contributed by atoms with E-state index in [-0.39, 0.29) is 16.9 Å². The molecule has 0 N–H and O–H groups in total. The third-order valence-electron chi connectivity index (χ3n) is 1.77. The zero-order chi connectivity index (χ0) is 12.3. The molecule has 0 spiro atoms. The molecule has 0 aliphatic rings. The Bertz CT molecular complexity index is 244. The van der Waals surface area contributed by atoms with Gasteiger partial charge in [-0.25, -0.2) is 0 Å². The molecule has 1 unspecified atom stereocenters. The molecule has 0 aliphatic carbocycles. The van der Waals surface area contributed by atoms with Gasteiger partial charge in [0.15, 0.2) is 9.04 Å². The molecule has 0 saturated carbocycles. The summed E-state index contributed by atoms with van der Waals surface area (Å²) in [6.45, 7) is 17.3. The van der Waals surface area contributed by atoms with Crippen LogP contribution in [0.15, 0.2) is 0 Å². The first kappa shape index (κ1) is 14.7. The van der Waals surface area contributed by atoms with Gasteiger partial charge in [0.25, 0.3) is 0 Å². The van der Waals surface area contributed by atoms with E-state index in [9.17, 15) is 0 Å². The predicted octanol–water partition coefficient (Wildman–Crippen LogP) is 3.45. The van der Waals surface area contributed by atoms with Gasteiger partial charge in [0, 0.05) is 5.41 Å². The van der Waals surface area contributed by atoms with Crippen LogP contribution in [0.1, 0.15) is 41.5 Å². The van der Waals surface area contributed by atoms with Crippen molar-refractivity contribution in [3.05, 3.63) is 0 Å². The SMILES string of the molecule is C[SiH](C)OC(C#CC(C)(C)C)C(C)(C)C. The van der Waals surface area contributed by atoms with Crippen molar-refractivity contribution in [2.45, 2.75) is 60.7 Å². The van der Waals surface area contributed by atoms with Crippen molar-refractivity contribution in [1.82, 2.24) is 0 Å². The van der Waals surface area contributed by atoms with Gasteiger partial charge in [-0.3, -0.25) is 0 Å². The minimum atomic E-state index is -1.02. The zero-order valence-corrected chi connectivity index (χ0v) is 12.7. The summed E-state index contributed by atoms with van der Waals surface area (Å²) in [5, 5.41) is 0. The van der Waals surface area contributed by atoms with Crippen LogP contribution in [-0.4, -0.2) is 15.1 Å². The van der Waals surface area contributed by atoms with Crippen LogP contribution in [0.3, 0.4) is 0 Å². The van der Waals surface area contributed by atoms with Crippen LogP contribution in [0.5, 0.6) is 0 Å². The molecule has 15 heavy (non-hydrogen) atoms. The maximum absolute atomic E-state index is 5.98. The van der Waals surface area contributed by atoms with Crippen LogP contribution in [-0.2, 0) is 4.43 Å². The fourth-order valence-corrected chi connectivity index (χ4v) is 2.03. The largest absolute Gasteiger partial charge is 0.406 e. The molecular formula is C13H26OSi. The van der Waals surface area contributed by atoms with Gasteiger partial charge in [0.1, 0.15) is 6.10 Å². The Balaban J connectivity index is 4.72. The normalized spacial score (nSPS) is 14.7. The van der Waals surface area contributed by atoms with Gasteiger partial charge in [-0.15, -0.1) is 0 Å². The van der Waals surface area contributed by atoms with E-state index in [2.05, 4.69) is 66.5 Å². The van der Waals surface area contributed by atoms with E-state index in [0.717, 1.165) is 0 Å². The quantitative estimate of drug-likeness (QED) is 0.518. The summed E-state index contributed by atoms with van der Waals surface area (Å²) in [5.74, 6) is 6.57. The van der Waals surface area contributed by atoms with Gasteiger partial charge >= 0.3 is 0 Å². The lowest BCUT2D eigenvalue weighted by atomic mass is 9.88. The van der Waals surface area contributed by atoms with Crippen molar-refractivity contribution in [2.75, 3.05) is 0 Å². The van der Waals surface area contributed by atoms with Crippen molar-refractivity contribution in [1.29, 1.82) is 0 Å². The van der Waals surface area contributed by atoms with Crippen LogP contribution < -0.4 is 0 Å². The van der Waals surface area contributed by atoms with Gasteiger partial charge in [0.2, 0.25) is 0 Å². The average Bonchev–Trinajstić information content (AvgIpc) is 1.93. The van der Waals surface area contributed by atoms with Crippen LogP contribution in [0.25, 0.3) is 0 Å². The van der Waals surface area contributed by atoms with Gasteiger partial charge in [0.05, 0.1) is 0 Å². The first-order valence-corrected chi connectivity index (χ1v) is 8.48. The lowest BCUT2D eigenvalue weighted by Crippen LogP contribution is -2.32. The Morgan fingerprint density at radius 3 is 1.73 bits per heavy atom. The van der Waals surface area contributed by atoms with Crippen LogP contribution in [0, 0.1) is 22.7 Å². The van der Waals surface area contributed by atoms with E-state index >= 15 is 0 Å². The van der Waals surface area contributed by atoms with E-state index in [1.807, 2.05) is 0 Å². The minimum Gasteiger partial charge on any atom is -0.406 e. The maximum Gasteiger partial charge on any atom is 0.172 e.